The maximum absolute atomic E-state index is 12.7. The van der Waals surface area contributed by atoms with Gasteiger partial charge < -0.3 is 5.32 Å². The molecule has 1 saturated heterocycles. The predicted molar refractivity (Wildman–Crippen MR) is 105 cm³/mol. The van der Waals surface area contributed by atoms with Gasteiger partial charge in [0, 0.05) is 9.50 Å². The summed E-state index contributed by atoms with van der Waals surface area (Å²) in [6.07, 6.45) is 1.62. The molecule has 1 heterocycles. The molecule has 126 valence electrons. The number of thiocarbonyl (C=S) groups is 1. The fraction of sp³-hybridized carbons (Fsp3) is 0. The van der Waals surface area contributed by atoms with Gasteiger partial charge in [0.25, 0.3) is 11.8 Å². The summed E-state index contributed by atoms with van der Waals surface area (Å²) in [4.78, 5) is 26.2. The monoisotopic (exact) mass is 454 g/mol. The fourth-order valence-electron chi connectivity index (χ4n) is 2.27. The van der Waals surface area contributed by atoms with E-state index in [1.165, 1.54) is 18.2 Å². The third-order valence-corrected chi connectivity index (χ3v) is 4.73. The maximum atomic E-state index is 12.7. The number of nitrogens with zero attached hydrogens (tertiary/aromatic N) is 1. The second-order valence-electron chi connectivity index (χ2n) is 5.11. The van der Waals surface area contributed by atoms with Gasteiger partial charge in [-0.25, -0.2) is 4.90 Å². The minimum Gasteiger partial charge on any atom is -0.327 e. The molecule has 8 heteroatoms. The number of benzene rings is 2. The topological polar surface area (TPSA) is 49.4 Å². The predicted octanol–water partition coefficient (Wildman–Crippen LogP) is 4.65. The Morgan fingerprint density at radius 1 is 1.20 bits per heavy atom. The molecule has 0 aliphatic carbocycles. The van der Waals surface area contributed by atoms with E-state index in [1.54, 1.807) is 6.08 Å². The van der Waals surface area contributed by atoms with Crippen molar-refractivity contribution in [1.29, 1.82) is 0 Å². The molecule has 4 nitrogen and oxygen atoms in total. The highest BCUT2D eigenvalue weighted by molar-refractivity contribution is 9.10. The first-order valence-electron chi connectivity index (χ1n) is 6.99. The third-order valence-electron chi connectivity index (χ3n) is 3.40. The van der Waals surface area contributed by atoms with Crippen molar-refractivity contribution >= 4 is 74.4 Å². The van der Waals surface area contributed by atoms with E-state index in [9.17, 15) is 9.59 Å². The lowest BCUT2D eigenvalue weighted by Gasteiger charge is -2.13. The van der Waals surface area contributed by atoms with Gasteiger partial charge in [-0.1, -0.05) is 51.3 Å². The summed E-state index contributed by atoms with van der Waals surface area (Å²) >= 11 is 20.4. The highest BCUT2D eigenvalue weighted by Gasteiger charge is 2.36. The lowest BCUT2D eigenvalue weighted by atomic mass is 10.2. The Hall–Kier alpha value is -1.73. The number of carbonyl (C=O) groups is 2. The van der Waals surface area contributed by atoms with E-state index in [-0.39, 0.29) is 21.4 Å². The second kappa shape index (κ2) is 7.25. The molecule has 1 fully saturated rings. The molecule has 2 aromatic rings. The van der Waals surface area contributed by atoms with Gasteiger partial charge in [0.15, 0.2) is 5.11 Å². The van der Waals surface area contributed by atoms with Gasteiger partial charge in [-0.3, -0.25) is 9.59 Å². The first kappa shape index (κ1) is 18.1. The minimum absolute atomic E-state index is 0.00210. The van der Waals surface area contributed by atoms with Crippen molar-refractivity contribution in [3.8, 4) is 0 Å². The van der Waals surface area contributed by atoms with Crippen LogP contribution >= 0.6 is 51.3 Å². The third kappa shape index (κ3) is 3.77. The van der Waals surface area contributed by atoms with Crippen molar-refractivity contribution in [3.63, 3.8) is 0 Å². The van der Waals surface area contributed by atoms with Crippen molar-refractivity contribution in [2.75, 3.05) is 0 Å². The Morgan fingerprint density at radius 3 is 2.64 bits per heavy atom. The van der Waals surface area contributed by atoms with Crippen LogP contribution < -0.4 is 5.32 Å². The molecule has 25 heavy (non-hydrogen) atoms. The first-order valence-corrected chi connectivity index (χ1v) is 8.94. The van der Waals surface area contributed by atoms with Crippen LogP contribution in [0.3, 0.4) is 0 Å². The number of amides is 2. The van der Waals surface area contributed by atoms with Crippen molar-refractivity contribution in [2.45, 2.75) is 0 Å². The first-order chi connectivity index (χ1) is 11.9. The number of carbonyl (C=O) groups excluding carboxylic acids is 2. The summed E-state index contributed by atoms with van der Waals surface area (Å²) in [5.74, 6) is -1.15. The smallest absolute Gasteiger partial charge is 0.283 e. The van der Waals surface area contributed by atoms with E-state index in [0.29, 0.717) is 5.02 Å². The molecular formula is C17H9BrCl2N2O2S. The maximum Gasteiger partial charge on any atom is 0.283 e. The molecule has 3 rings (SSSR count). The molecular weight excluding hydrogens is 447 g/mol. The molecule has 2 amide bonds. The summed E-state index contributed by atoms with van der Waals surface area (Å²) in [5, 5.41) is 3.31. The Balaban J connectivity index is 1.92. The van der Waals surface area contributed by atoms with Gasteiger partial charge in [0.2, 0.25) is 0 Å². The number of halogens is 3. The van der Waals surface area contributed by atoms with Gasteiger partial charge in [-0.15, -0.1) is 0 Å². The molecule has 2 aromatic carbocycles. The van der Waals surface area contributed by atoms with Crippen LogP contribution in [0.2, 0.25) is 10.0 Å². The van der Waals surface area contributed by atoms with Crippen LogP contribution in [0.25, 0.3) is 6.08 Å². The molecule has 0 atom stereocenters. The van der Waals surface area contributed by atoms with Crippen LogP contribution in [0.15, 0.2) is 52.6 Å². The highest BCUT2D eigenvalue weighted by Crippen LogP contribution is 2.25. The van der Waals surface area contributed by atoms with Crippen molar-refractivity contribution in [2.24, 2.45) is 0 Å². The van der Waals surface area contributed by atoms with E-state index in [2.05, 4.69) is 21.2 Å². The van der Waals surface area contributed by atoms with Gasteiger partial charge in [-0.2, -0.15) is 0 Å². The van der Waals surface area contributed by atoms with E-state index in [1.807, 2.05) is 24.3 Å². The van der Waals surface area contributed by atoms with Crippen LogP contribution in [0, 0.1) is 0 Å². The van der Waals surface area contributed by atoms with Gasteiger partial charge in [0.1, 0.15) is 5.70 Å². The zero-order valence-electron chi connectivity index (χ0n) is 12.4. The van der Waals surface area contributed by atoms with Crippen molar-refractivity contribution in [3.05, 3.63) is 73.8 Å². The Kier molecular flexibility index (Phi) is 5.24. The molecule has 0 bridgehead atoms. The molecule has 0 unspecified atom stereocenters. The van der Waals surface area contributed by atoms with E-state index in [0.717, 1.165) is 14.9 Å². The number of hydrogen-bond acceptors (Lipinski definition) is 3. The molecule has 0 saturated carbocycles. The van der Waals surface area contributed by atoms with Crippen LogP contribution in [0.4, 0.5) is 0 Å². The fourth-order valence-corrected chi connectivity index (χ4v) is 3.45. The number of nitrogens with one attached hydrogen (secondary N) is 1. The average Bonchev–Trinajstić information content (AvgIpc) is 2.81. The quantitative estimate of drug-likeness (QED) is 0.406. The molecule has 0 aromatic heterocycles. The zero-order chi connectivity index (χ0) is 18.1. The molecule has 0 spiro atoms. The van der Waals surface area contributed by atoms with Gasteiger partial charge in [0.05, 0.1) is 10.6 Å². The standard InChI is InChI=1S/C17H9BrCl2N2O2S/c18-10-3-1-2-9(6-10)7-14-16(24)22(17(25)21-14)15(23)12-5-4-11(19)8-13(12)20/h1-8H,(H,21,25)/b14-7+. The van der Waals surface area contributed by atoms with Gasteiger partial charge in [-0.05, 0) is 54.2 Å². The lowest BCUT2D eigenvalue weighted by Crippen LogP contribution is -2.36. The summed E-state index contributed by atoms with van der Waals surface area (Å²) < 4.78 is 0.871. The van der Waals surface area contributed by atoms with Crippen LogP contribution in [-0.4, -0.2) is 21.8 Å². The number of rotatable bonds is 2. The second-order valence-corrected chi connectivity index (χ2v) is 7.26. The SMILES string of the molecule is O=C1/C(=C\c2cccc(Br)c2)NC(=S)N1C(=O)c1ccc(Cl)cc1Cl. The largest absolute Gasteiger partial charge is 0.327 e. The molecule has 1 N–H and O–H groups in total. The number of hydrogen-bond donors (Lipinski definition) is 1. The van der Waals surface area contributed by atoms with E-state index < -0.39 is 11.8 Å². The normalized spacial score (nSPS) is 15.6. The molecule has 1 aliphatic rings. The molecule has 1 aliphatic heterocycles. The summed E-state index contributed by atoms with van der Waals surface area (Å²) in [6, 6.07) is 11.8. The van der Waals surface area contributed by atoms with Crippen molar-refractivity contribution < 1.29 is 9.59 Å². The summed E-state index contributed by atoms with van der Waals surface area (Å²) in [7, 11) is 0. The average molecular weight is 456 g/mol. The van der Waals surface area contributed by atoms with Crippen LogP contribution in [0.1, 0.15) is 15.9 Å². The molecule has 0 radical (unpaired) electrons. The van der Waals surface area contributed by atoms with Crippen molar-refractivity contribution in [1.82, 2.24) is 10.2 Å². The van der Waals surface area contributed by atoms with Crippen LogP contribution in [0.5, 0.6) is 0 Å². The Morgan fingerprint density at radius 2 is 1.96 bits per heavy atom. The number of imide groups is 1. The zero-order valence-corrected chi connectivity index (χ0v) is 16.3. The highest BCUT2D eigenvalue weighted by atomic mass is 79.9. The van der Waals surface area contributed by atoms with Gasteiger partial charge >= 0.3 is 0 Å². The van der Waals surface area contributed by atoms with E-state index in [4.69, 9.17) is 35.4 Å². The summed E-state index contributed by atoms with van der Waals surface area (Å²) in [6.45, 7) is 0. The van der Waals surface area contributed by atoms with E-state index >= 15 is 0 Å². The minimum atomic E-state index is -0.609. The van der Waals surface area contributed by atoms with Crippen LogP contribution in [-0.2, 0) is 4.79 Å². The lowest BCUT2D eigenvalue weighted by molar-refractivity contribution is -0.120. The summed E-state index contributed by atoms with van der Waals surface area (Å²) in [5.41, 5.74) is 1.14. The Labute approximate surface area is 167 Å². The Bertz CT molecular complexity index is 946.